The van der Waals surface area contributed by atoms with Gasteiger partial charge in [0.15, 0.2) is 0 Å². The molecule has 17 heavy (non-hydrogen) atoms. The lowest BCUT2D eigenvalue weighted by molar-refractivity contribution is -0.0378. The van der Waals surface area contributed by atoms with Gasteiger partial charge < -0.3 is 9.64 Å². The van der Waals surface area contributed by atoms with Crippen LogP contribution >= 0.6 is 0 Å². The fraction of sp³-hybridized carbons (Fsp3) is 0.929. The molecule has 0 atom stereocenters. The molecular weight excluding hydrogens is 214 g/mol. The summed E-state index contributed by atoms with van der Waals surface area (Å²) >= 11 is 0. The number of amides is 1. The Balaban J connectivity index is 1.90. The Morgan fingerprint density at radius 3 is 2.24 bits per heavy atom. The highest BCUT2D eigenvalue weighted by Gasteiger charge is 2.35. The molecule has 0 aromatic carbocycles. The van der Waals surface area contributed by atoms with Gasteiger partial charge in [0.05, 0.1) is 0 Å². The van der Waals surface area contributed by atoms with Crippen LogP contribution in [0.2, 0.25) is 0 Å². The Morgan fingerprint density at radius 2 is 1.65 bits per heavy atom. The fourth-order valence-corrected chi connectivity index (χ4v) is 3.05. The highest BCUT2D eigenvalue weighted by molar-refractivity contribution is 5.68. The third-order valence-corrected chi connectivity index (χ3v) is 4.33. The van der Waals surface area contributed by atoms with Crippen molar-refractivity contribution in [1.29, 1.82) is 0 Å². The topological polar surface area (TPSA) is 29.5 Å². The average molecular weight is 239 g/mol. The van der Waals surface area contributed by atoms with Gasteiger partial charge in [0.25, 0.3) is 0 Å². The van der Waals surface area contributed by atoms with Gasteiger partial charge in [-0.3, -0.25) is 0 Å². The van der Waals surface area contributed by atoms with Gasteiger partial charge in [0.1, 0.15) is 5.60 Å². The van der Waals surface area contributed by atoms with E-state index < -0.39 is 0 Å². The van der Waals surface area contributed by atoms with E-state index in [1.165, 1.54) is 25.7 Å². The second-order valence-corrected chi connectivity index (χ2v) is 5.51. The molecule has 2 rings (SSSR count). The third-order valence-electron chi connectivity index (χ3n) is 4.33. The van der Waals surface area contributed by atoms with E-state index in [0.717, 1.165) is 45.2 Å². The van der Waals surface area contributed by atoms with Gasteiger partial charge >= 0.3 is 6.09 Å². The van der Waals surface area contributed by atoms with Gasteiger partial charge in [0.2, 0.25) is 0 Å². The molecule has 1 saturated heterocycles. The van der Waals surface area contributed by atoms with E-state index in [0.29, 0.717) is 0 Å². The summed E-state index contributed by atoms with van der Waals surface area (Å²) in [6.07, 6.45) is 10.3. The maximum Gasteiger partial charge on any atom is 0.410 e. The van der Waals surface area contributed by atoms with Gasteiger partial charge in [-0.1, -0.05) is 13.3 Å². The van der Waals surface area contributed by atoms with E-state index >= 15 is 0 Å². The molecule has 1 amide bonds. The standard InChI is InChI=1S/C14H25NO2/c1-2-14(9-5-3-6-10-14)17-13(16)15-11-7-4-8-12-15/h2-12H2,1H3. The molecule has 0 bridgehead atoms. The SMILES string of the molecule is CCC1(OC(=O)N2CCCCC2)CCCCC1. The number of carbonyl (C=O) groups excluding carboxylic acids is 1. The van der Waals surface area contributed by atoms with E-state index in [2.05, 4.69) is 6.92 Å². The Bertz CT molecular complexity index is 253. The highest BCUT2D eigenvalue weighted by atomic mass is 16.6. The smallest absolute Gasteiger partial charge is 0.410 e. The summed E-state index contributed by atoms with van der Waals surface area (Å²) in [6, 6.07) is 0. The summed E-state index contributed by atoms with van der Waals surface area (Å²) in [5.74, 6) is 0. The zero-order chi connectivity index (χ0) is 12.1. The van der Waals surface area contributed by atoms with Crippen molar-refractivity contribution in [3.8, 4) is 0 Å². The van der Waals surface area contributed by atoms with Crippen LogP contribution in [0.1, 0.15) is 64.7 Å². The number of likely N-dealkylation sites (tertiary alicyclic amines) is 1. The molecule has 1 heterocycles. The molecular formula is C14H25NO2. The second-order valence-electron chi connectivity index (χ2n) is 5.51. The predicted octanol–water partition coefficient (Wildman–Crippen LogP) is 3.72. The number of nitrogens with zero attached hydrogens (tertiary/aromatic N) is 1. The lowest BCUT2D eigenvalue weighted by Crippen LogP contribution is -2.44. The van der Waals surface area contributed by atoms with Crippen molar-refractivity contribution in [3.05, 3.63) is 0 Å². The molecule has 2 aliphatic rings. The highest BCUT2D eigenvalue weighted by Crippen LogP contribution is 2.35. The largest absolute Gasteiger partial charge is 0.443 e. The lowest BCUT2D eigenvalue weighted by Gasteiger charge is -2.38. The predicted molar refractivity (Wildman–Crippen MR) is 68.0 cm³/mol. The molecule has 98 valence electrons. The minimum absolute atomic E-state index is 0.0616. The van der Waals surface area contributed by atoms with Crippen LogP contribution in [0.15, 0.2) is 0 Å². The monoisotopic (exact) mass is 239 g/mol. The fourth-order valence-electron chi connectivity index (χ4n) is 3.05. The minimum atomic E-state index is -0.146. The molecule has 3 heteroatoms. The Kier molecular flexibility index (Phi) is 4.30. The van der Waals surface area contributed by atoms with Crippen molar-refractivity contribution in [2.45, 2.75) is 70.3 Å². The normalized spacial score (nSPS) is 24.4. The van der Waals surface area contributed by atoms with Crippen LogP contribution in [0.5, 0.6) is 0 Å². The van der Waals surface area contributed by atoms with Crippen LogP contribution in [0, 0.1) is 0 Å². The van der Waals surface area contributed by atoms with Gasteiger partial charge in [-0.05, 0) is 51.4 Å². The molecule has 0 radical (unpaired) electrons. The molecule has 2 fully saturated rings. The zero-order valence-corrected chi connectivity index (χ0v) is 11.0. The number of hydrogen-bond acceptors (Lipinski definition) is 2. The first-order valence-corrected chi connectivity index (χ1v) is 7.24. The van der Waals surface area contributed by atoms with E-state index in [1.54, 1.807) is 0 Å². The molecule has 1 aliphatic carbocycles. The second kappa shape index (κ2) is 5.74. The Morgan fingerprint density at radius 1 is 1.06 bits per heavy atom. The quantitative estimate of drug-likeness (QED) is 0.735. The van der Waals surface area contributed by atoms with E-state index in [1.807, 2.05) is 4.90 Å². The minimum Gasteiger partial charge on any atom is -0.443 e. The summed E-state index contributed by atoms with van der Waals surface area (Å²) in [6.45, 7) is 3.92. The summed E-state index contributed by atoms with van der Waals surface area (Å²) < 4.78 is 5.85. The van der Waals surface area contributed by atoms with E-state index in [-0.39, 0.29) is 11.7 Å². The summed E-state index contributed by atoms with van der Waals surface area (Å²) in [5.41, 5.74) is -0.146. The van der Waals surface area contributed by atoms with Crippen molar-refractivity contribution in [2.75, 3.05) is 13.1 Å². The summed E-state index contributed by atoms with van der Waals surface area (Å²) in [5, 5.41) is 0. The Hall–Kier alpha value is -0.730. The Labute approximate surface area is 105 Å². The van der Waals surface area contributed by atoms with Crippen LogP contribution in [0.4, 0.5) is 4.79 Å². The van der Waals surface area contributed by atoms with Gasteiger partial charge in [-0.15, -0.1) is 0 Å². The van der Waals surface area contributed by atoms with Crippen LogP contribution in [-0.4, -0.2) is 29.7 Å². The summed E-state index contributed by atoms with van der Waals surface area (Å²) in [7, 11) is 0. The van der Waals surface area contributed by atoms with Crippen LogP contribution < -0.4 is 0 Å². The molecule has 1 aliphatic heterocycles. The average Bonchev–Trinajstić information content (AvgIpc) is 2.41. The van der Waals surface area contributed by atoms with Crippen LogP contribution in [0.3, 0.4) is 0 Å². The molecule has 0 unspecified atom stereocenters. The van der Waals surface area contributed by atoms with Crippen LogP contribution in [-0.2, 0) is 4.74 Å². The molecule has 0 aromatic rings. The molecule has 1 saturated carbocycles. The van der Waals surface area contributed by atoms with Crippen molar-refractivity contribution in [2.24, 2.45) is 0 Å². The number of carbonyl (C=O) groups is 1. The maximum atomic E-state index is 12.1. The first kappa shape index (κ1) is 12.7. The first-order chi connectivity index (χ1) is 8.26. The molecule has 0 N–H and O–H groups in total. The first-order valence-electron chi connectivity index (χ1n) is 7.24. The van der Waals surface area contributed by atoms with Gasteiger partial charge in [-0.2, -0.15) is 0 Å². The number of hydrogen-bond donors (Lipinski definition) is 0. The molecule has 3 nitrogen and oxygen atoms in total. The van der Waals surface area contributed by atoms with E-state index in [4.69, 9.17) is 4.74 Å². The van der Waals surface area contributed by atoms with Crippen molar-refractivity contribution in [3.63, 3.8) is 0 Å². The molecule has 0 aromatic heterocycles. The molecule has 0 spiro atoms. The third kappa shape index (κ3) is 3.14. The van der Waals surface area contributed by atoms with Crippen molar-refractivity contribution >= 4 is 6.09 Å². The lowest BCUT2D eigenvalue weighted by atomic mass is 9.83. The number of ether oxygens (including phenoxy) is 1. The van der Waals surface area contributed by atoms with Crippen molar-refractivity contribution in [1.82, 2.24) is 4.90 Å². The number of rotatable bonds is 2. The maximum absolute atomic E-state index is 12.1. The van der Waals surface area contributed by atoms with E-state index in [9.17, 15) is 4.79 Å². The number of piperidine rings is 1. The zero-order valence-electron chi connectivity index (χ0n) is 11.0. The van der Waals surface area contributed by atoms with Crippen LogP contribution in [0.25, 0.3) is 0 Å². The van der Waals surface area contributed by atoms with Gasteiger partial charge in [0, 0.05) is 13.1 Å². The van der Waals surface area contributed by atoms with Gasteiger partial charge in [-0.25, -0.2) is 4.79 Å². The summed E-state index contributed by atoms with van der Waals surface area (Å²) in [4.78, 5) is 14.0. The van der Waals surface area contributed by atoms with Crippen molar-refractivity contribution < 1.29 is 9.53 Å².